The topological polar surface area (TPSA) is 123 Å². The number of hydroxylamine groups is 1. The van der Waals surface area contributed by atoms with Gasteiger partial charge in [0.05, 0.1) is 5.56 Å². The molecular formula is C31H32IN3O6. The van der Waals surface area contributed by atoms with Crippen LogP contribution in [-0.4, -0.2) is 42.6 Å². The Morgan fingerprint density at radius 2 is 1.41 bits per heavy atom. The molecule has 0 radical (unpaired) electrons. The molecular weight excluding hydrogens is 637 g/mol. The van der Waals surface area contributed by atoms with Gasteiger partial charge in [0.2, 0.25) is 5.91 Å². The molecule has 0 aromatic heterocycles. The Hall–Kier alpha value is -3.93. The third-order valence-electron chi connectivity index (χ3n) is 6.95. The Morgan fingerprint density at radius 1 is 0.829 bits per heavy atom. The first-order valence-corrected chi connectivity index (χ1v) is 14.5. The van der Waals surface area contributed by atoms with Gasteiger partial charge in [0, 0.05) is 9.49 Å². The largest absolute Gasteiger partial charge is 0.449 e. The van der Waals surface area contributed by atoms with Crippen molar-refractivity contribution in [2.45, 2.75) is 45.2 Å². The van der Waals surface area contributed by atoms with Gasteiger partial charge in [0.1, 0.15) is 18.7 Å². The lowest BCUT2D eigenvalue weighted by Crippen LogP contribution is -2.55. The number of carbonyl (C=O) groups is 4. The Morgan fingerprint density at radius 3 is 2.00 bits per heavy atom. The van der Waals surface area contributed by atoms with E-state index in [0.717, 1.165) is 22.3 Å². The molecule has 41 heavy (non-hydrogen) atoms. The zero-order valence-corrected chi connectivity index (χ0v) is 25.1. The smallest absolute Gasteiger partial charge is 0.407 e. The summed E-state index contributed by atoms with van der Waals surface area (Å²) in [5.74, 6) is -2.38. The molecule has 3 N–H and O–H groups in total. The fraction of sp³-hybridized carbons (Fsp3) is 0.290. The highest BCUT2D eigenvalue weighted by molar-refractivity contribution is 14.1. The molecule has 0 saturated carbocycles. The Balaban J connectivity index is 1.33. The van der Waals surface area contributed by atoms with E-state index in [1.165, 1.54) is 0 Å². The molecule has 10 heteroatoms. The Bertz CT molecular complexity index is 1400. The number of amides is 3. The predicted molar refractivity (Wildman–Crippen MR) is 162 cm³/mol. The van der Waals surface area contributed by atoms with E-state index in [9.17, 15) is 19.2 Å². The predicted octanol–water partition coefficient (Wildman–Crippen LogP) is 4.94. The third kappa shape index (κ3) is 7.05. The van der Waals surface area contributed by atoms with Crippen molar-refractivity contribution < 1.29 is 28.8 Å². The van der Waals surface area contributed by atoms with E-state index in [0.29, 0.717) is 9.13 Å². The lowest BCUT2D eigenvalue weighted by molar-refractivity contribution is -0.136. The lowest BCUT2D eigenvalue weighted by Gasteiger charge is -2.24. The minimum Gasteiger partial charge on any atom is -0.449 e. The maximum atomic E-state index is 13.1. The zero-order valence-electron chi connectivity index (χ0n) is 23.0. The van der Waals surface area contributed by atoms with Crippen LogP contribution in [0.1, 0.15) is 54.6 Å². The second-order valence-corrected chi connectivity index (χ2v) is 11.2. The van der Waals surface area contributed by atoms with Crippen molar-refractivity contribution in [2.75, 3.05) is 6.61 Å². The van der Waals surface area contributed by atoms with E-state index in [1.807, 2.05) is 59.0 Å². The van der Waals surface area contributed by atoms with Crippen LogP contribution in [0.25, 0.3) is 11.1 Å². The van der Waals surface area contributed by atoms with Crippen LogP contribution >= 0.6 is 22.6 Å². The molecule has 0 heterocycles. The number of hydrogen-bond acceptors (Lipinski definition) is 6. The summed E-state index contributed by atoms with van der Waals surface area (Å²) in [5.41, 5.74) is 6.82. The standard InChI is InChI=1S/C31H32IN3O6/c1-4-26(28(36)35-41-30(38)23-15-9-10-16-25(23)32)33-29(37)27(18(2)3)34-31(39)40-17-24-21-13-7-5-11-19(21)20-12-6-8-14-22(20)24/h5-16,18,24,26-27H,4,17H2,1-3H3,(H,33,37)(H,34,39)(H,35,36)/t26-,27-/m0/s1. The molecule has 0 spiro atoms. The van der Waals surface area contributed by atoms with Crippen molar-refractivity contribution in [3.8, 4) is 11.1 Å². The van der Waals surface area contributed by atoms with Gasteiger partial charge in [-0.15, -0.1) is 0 Å². The molecule has 0 fully saturated rings. The number of halogens is 1. The van der Waals surface area contributed by atoms with Gasteiger partial charge in [0.25, 0.3) is 5.91 Å². The molecule has 2 atom stereocenters. The van der Waals surface area contributed by atoms with Crippen LogP contribution < -0.4 is 16.1 Å². The second kappa shape index (κ2) is 13.6. The van der Waals surface area contributed by atoms with Gasteiger partial charge >= 0.3 is 12.1 Å². The van der Waals surface area contributed by atoms with Gasteiger partial charge in [-0.1, -0.05) is 81.4 Å². The number of rotatable bonds is 9. The van der Waals surface area contributed by atoms with Gasteiger partial charge in [-0.25, -0.2) is 9.59 Å². The van der Waals surface area contributed by atoms with Gasteiger partial charge in [-0.2, -0.15) is 5.48 Å². The van der Waals surface area contributed by atoms with Crippen LogP contribution in [-0.2, 0) is 19.2 Å². The summed E-state index contributed by atoms with van der Waals surface area (Å²) in [6.07, 6.45) is -0.502. The first-order valence-electron chi connectivity index (χ1n) is 13.4. The number of benzene rings is 3. The first kappa shape index (κ1) is 30.0. The average Bonchev–Trinajstić information content (AvgIpc) is 3.29. The molecule has 1 aliphatic carbocycles. The van der Waals surface area contributed by atoms with Crippen molar-refractivity contribution in [3.63, 3.8) is 0 Å². The minimum absolute atomic E-state index is 0.109. The molecule has 1 aliphatic rings. The monoisotopic (exact) mass is 669 g/mol. The highest BCUT2D eigenvalue weighted by Crippen LogP contribution is 2.44. The summed E-state index contributed by atoms with van der Waals surface area (Å²) >= 11 is 1.99. The fourth-order valence-electron chi connectivity index (χ4n) is 4.77. The van der Waals surface area contributed by atoms with Crippen molar-refractivity contribution in [2.24, 2.45) is 5.92 Å². The van der Waals surface area contributed by atoms with Crippen LogP contribution in [0.4, 0.5) is 4.79 Å². The molecule has 4 rings (SSSR count). The van der Waals surface area contributed by atoms with Crippen molar-refractivity contribution in [3.05, 3.63) is 93.1 Å². The van der Waals surface area contributed by atoms with Crippen molar-refractivity contribution in [1.29, 1.82) is 0 Å². The summed E-state index contributed by atoms with van der Waals surface area (Å²) in [6, 6.07) is 20.9. The number of fused-ring (bicyclic) bond motifs is 3. The third-order valence-corrected chi connectivity index (χ3v) is 7.89. The van der Waals surface area contributed by atoms with Gasteiger partial charge in [0.15, 0.2) is 0 Å². The van der Waals surface area contributed by atoms with E-state index in [-0.39, 0.29) is 24.9 Å². The molecule has 3 amide bonds. The number of alkyl carbamates (subject to hydrolysis) is 1. The van der Waals surface area contributed by atoms with E-state index in [2.05, 4.69) is 28.2 Å². The number of nitrogens with one attached hydrogen (secondary N) is 3. The number of hydrogen-bond donors (Lipinski definition) is 3. The summed E-state index contributed by atoms with van der Waals surface area (Å²) in [6.45, 7) is 5.37. The van der Waals surface area contributed by atoms with E-state index < -0.39 is 36.0 Å². The molecule has 214 valence electrons. The van der Waals surface area contributed by atoms with Crippen LogP contribution in [0.5, 0.6) is 0 Å². The summed E-state index contributed by atoms with van der Waals surface area (Å²) < 4.78 is 6.27. The Kier molecular flexibility index (Phi) is 9.98. The lowest BCUT2D eigenvalue weighted by atomic mass is 9.98. The average molecular weight is 670 g/mol. The maximum Gasteiger partial charge on any atom is 0.407 e. The SMILES string of the molecule is CC[C@H](NC(=O)[C@@H](NC(=O)OCC1c2ccccc2-c2ccccc21)C(C)C)C(=O)NOC(=O)c1ccccc1I. The van der Waals surface area contributed by atoms with Crippen LogP contribution in [0, 0.1) is 9.49 Å². The van der Waals surface area contributed by atoms with Crippen LogP contribution in [0.2, 0.25) is 0 Å². The first-order chi connectivity index (χ1) is 19.7. The highest BCUT2D eigenvalue weighted by atomic mass is 127. The van der Waals surface area contributed by atoms with E-state index >= 15 is 0 Å². The molecule has 9 nitrogen and oxygen atoms in total. The zero-order chi connectivity index (χ0) is 29.5. The maximum absolute atomic E-state index is 13.1. The minimum atomic E-state index is -0.990. The Labute approximate surface area is 252 Å². The molecule has 0 saturated heterocycles. The number of ether oxygens (including phenoxy) is 1. The quantitative estimate of drug-likeness (QED) is 0.219. The van der Waals surface area contributed by atoms with Crippen molar-refractivity contribution >= 4 is 46.5 Å². The number of carbonyl (C=O) groups excluding carboxylic acids is 4. The van der Waals surface area contributed by atoms with Gasteiger partial charge < -0.3 is 20.2 Å². The molecule has 0 unspecified atom stereocenters. The van der Waals surface area contributed by atoms with Gasteiger partial charge in [-0.3, -0.25) is 9.59 Å². The fourth-order valence-corrected chi connectivity index (χ4v) is 5.37. The van der Waals surface area contributed by atoms with Crippen molar-refractivity contribution in [1.82, 2.24) is 16.1 Å². The van der Waals surface area contributed by atoms with E-state index in [4.69, 9.17) is 9.57 Å². The molecule has 3 aromatic carbocycles. The normalized spacial score (nSPS) is 13.4. The van der Waals surface area contributed by atoms with E-state index in [1.54, 1.807) is 45.0 Å². The summed E-state index contributed by atoms with van der Waals surface area (Å²) in [4.78, 5) is 55.9. The van der Waals surface area contributed by atoms with Crippen LogP contribution in [0.15, 0.2) is 72.8 Å². The summed E-state index contributed by atoms with van der Waals surface area (Å²) in [7, 11) is 0. The van der Waals surface area contributed by atoms with Gasteiger partial charge in [-0.05, 0) is 69.3 Å². The second-order valence-electron chi connectivity index (χ2n) is 10.00. The van der Waals surface area contributed by atoms with Crippen LogP contribution in [0.3, 0.4) is 0 Å². The summed E-state index contributed by atoms with van der Waals surface area (Å²) in [5, 5.41) is 5.28. The highest BCUT2D eigenvalue weighted by Gasteiger charge is 2.31. The molecule has 0 aliphatic heterocycles. The molecule has 0 bridgehead atoms. The molecule has 3 aromatic rings.